The summed E-state index contributed by atoms with van der Waals surface area (Å²) in [6.45, 7) is 5.00. The van der Waals surface area contributed by atoms with Gasteiger partial charge < -0.3 is 19.6 Å². The third-order valence-electron chi connectivity index (χ3n) is 7.32. The normalized spacial score (nSPS) is 16.4. The average Bonchev–Trinajstić information content (AvgIpc) is 3.72. The highest BCUT2D eigenvalue weighted by Gasteiger charge is 2.43. The van der Waals surface area contributed by atoms with Gasteiger partial charge in [0.15, 0.2) is 0 Å². The minimum absolute atomic E-state index is 0.0677. The number of benzene rings is 2. The smallest absolute Gasteiger partial charge is 0.398 e. The second-order valence-electron chi connectivity index (χ2n) is 10.8. The molecule has 3 heterocycles. The molecule has 2 aromatic heterocycles. The lowest BCUT2D eigenvalue weighted by atomic mass is 9.95. The molecule has 1 saturated carbocycles. The Hall–Kier alpha value is -4.47. The quantitative estimate of drug-likeness (QED) is 0.235. The predicted molar refractivity (Wildman–Crippen MR) is 157 cm³/mol. The van der Waals surface area contributed by atoms with Crippen LogP contribution in [0.15, 0.2) is 60.8 Å². The molecule has 43 heavy (non-hydrogen) atoms. The van der Waals surface area contributed by atoms with E-state index >= 15 is 0 Å². The van der Waals surface area contributed by atoms with Gasteiger partial charge in [0.25, 0.3) is 5.91 Å². The lowest BCUT2D eigenvalue weighted by molar-refractivity contribution is -0.149. The van der Waals surface area contributed by atoms with Gasteiger partial charge >= 0.3 is 6.18 Å². The SMILES string of the molecule is CC=O.Cc1ccc(-c2nc(C(CNC(=O)c3cc(OC4CC4)c4ncccc4c3)C(F)(F)F)cc3c2OCC3C)cc1. The molecule has 10 heteroatoms. The van der Waals surface area contributed by atoms with Crippen LogP contribution < -0.4 is 14.8 Å². The Morgan fingerprint density at radius 2 is 1.88 bits per heavy atom. The molecular weight excluding hydrogens is 559 g/mol. The summed E-state index contributed by atoms with van der Waals surface area (Å²) < 4.78 is 55.2. The first-order valence-corrected chi connectivity index (χ1v) is 14.1. The van der Waals surface area contributed by atoms with Crippen molar-refractivity contribution in [3.63, 3.8) is 0 Å². The summed E-state index contributed by atoms with van der Waals surface area (Å²) in [4.78, 5) is 30.8. The number of hydrogen-bond donors (Lipinski definition) is 1. The van der Waals surface area contributed by atoms with E-state index in [0.717, 1.165) is 24.7 Å². The maximum absolute atomic E-state index is 14.5. The number of nitrogens with zero attached hydrogens (tertiary/aromatic N) is 2. The van der Waals surface area contributed by atoms with Gasteiger partial charge in [-0.3, -0.25) is 9.78 Å². The zero-order chi connectivity index (χ0) is 30.7. The Morgan fingerprint density at radius 3 is 2.56 bits per heavy atom. The number of rotatable bonds is 7. The first-order chi connectivity index (χ1) is 20.6. The van der Waals surface area contributed by atoms with Crippen LogP contribution >= 0.6 is 0 Å². The zero-order valence-corrected chi connectivity index (χ0v) is 24.1. The van der Waals surface area contributed by atoms with Crippen LogP contribution in [0.3, 0.4) is 0 Å². The van der Waals surface area contributed by atoms with E-state index in [1.165, 1.54) is 13.0 Å². The van der Waals surface area contributed by atoms with Gasteiger partial charge in [-0.15, -0.1) is 0 Å². The summed E-state index contributed by atoms with van der Waals surface area (Å²) in [5.74, 6) is -1.76. The topological polar surface area (TPSA) is 90.4 Å². The molecule has 2 aromatic carbocycles. The van der Waals surface area contributed by atoms with Crippen molar-refractivity contribution in [3.05, 3.63) is 83.2 Å². The van der Waals surface area contributed by atoms with E-state index in [0.29, 0.717) is 45.8 Å². The van der Waals surface area contributed by atoms with E-state index in [-0.39, 0.29) is 23.3 Å². The first-order valence-electron chi connectivity index (χ1n) is 14.1. The number of hydrogen-bond acceptors (Lipinski definition) is 6. The molecule has 224 valence electrons. The third-order valence-corrected chi connectivity index (χ3v) is 7.32. The standard InChI is InChI=1S/C31H28F3N3O3.C2H4O/c1-17-5-7-19(8-6-17)28-29-23(18(2)16-39-29)14-25(37-28)24(31(32,33)34)15-36-30(38)21-12-20-4-3-11-35-27(20)26(13-21)40-22-9-10-22;1-2-3/h3-8,11-14,18,22,24H,9-10,15-16H2,1-2H3,(H,36,38);2H,1H3. The van der Waals surface area contributed by atoms with Crippen LogP contribution in [0.4, 0.5) is 13.2 Å². The Kier molecular flexibility index (Phi) is 8.66. The average molecular weight is 592 g/mol. The number of aryl methyl sites for hydroxylation is 1. The molecule has 2 aliphatic rings. The molecular formula is C33H32F3N3O4. The Balaban J connectivity index is 0.00000118. The number of halogens is 3. The number of amides is 1. The van der Waals surface area contributed by atoms with Crippen LogP contribution in [-0.2, 0) is 4.79 Å². The second-order valence-corrected chi connectivity index (χ2v) is 10.8. The molecule has 7 nitrogen and oxygen atoms in total. The summed E-state index contributed by atoms with van der Waals surface area (Å²) in [6, 6.07) is 15.6. The minimum Gasteiger partial charge on any atom is -0.490 e. The van der Waals surface area contributed by atoms with Crippen molar-refractivity contribution in [2.45, 2.75) is 57.7 Å². The van der Waals surface area contributed by atoms with E-state index in [4.69, 9.17) is 14.3 Å². The van der Waals surface area contributed by atoms with Crippen LogP contribution in [0.5, 0.6) is 11.5 Å². The van der Waals surface area contributed by atoms with Gasteiger partial charge in [-0.2, -0.15) is 13.2 Å². The van der Waals surface area contributed by atoms with Crippen molar-refractivity contribution < 1.29 is 32.2 Å². The van der Waals surface area contributed by atoms with Crippen molar-refractivity contribution in [1.29, 1.82) is 0 Å². The zero-order valence-electron chi connectivity index (χ0n) is 24.1. The molecule has 1 aliphatic carbocycles. The highest BCUT2D eigenvalue weighted by atomic mass is 19.4. The fourth-order valence-corrected chi connectivity index (χ4v) is 4.91. The molecule has 2 unspecified atom stereocenters. The number of fused-ring (bicyclic) bond motifs is 2. The molecule has 0 saturated heterocycles. The molecule has 2 atom stereocenters. The number of carbonyl (C=O) groups excluding carboxylic acids is 2. The molecule has 4 aromatic rings. The minimum atomic E-state index is -4.64. The molecule has 1 amide bonds. The van der Waals surface area contributed by atoms with Crippen molar-refractivity contribution >= 4 is 23.1 Å². The maximum atomic E-state index is 14.5. The van der Waals surface area contributed by atoms with Crippen molar-refractivity contribution in [3.8, 4) is 22.8 Å². The molecule has 0 bridgehead atoms. The number of aldehydes is 1. The first kappa shape index (κ1) is 30.0. The second kappa shape index (κ2) is 12.4. The van der Waals surface area contributed by atoms with Crippen molar-refractivity contribution in [2.75, 3.05) is 13.2 Å². The largest absolute Gasteiger partial charge is 0.490 e. The monoisotopic (exact) mass is 591 g/mol. The van der Waals surface area contributed by atoms with Crippen LogP contribution in [0.2, 0.25) is 0 Å². The van der Waals surface area contributed by atoms with Gasteiger partial charge in [0.2, 0.25) is 0 Å². The van der Waals surface area contributed by atoms with E-state index < -0.39 is 24.5 Å². The molecule has 1 aliphatic heterocycles. The predicted octanol–water partition coefficient (Wildman–Crippen LogP) is 6.92. The number of carbonyl (C=O) groups is 2. The molecule has 6 rings (SSSR count). The number of alkyl halides is 3. The Bertz CT molecular complexity index is 1640. The van der Waals surface area contributed by atoms with E-state index in [2.05, 4.69) is 15.3 Å². The summed E-state index contributed by atoms with van der Waals surface area (Å²) in [7, 11) is 0. The van der Waals surface area contributed by atoms with Gasteiger partial charge in [0.05, 0.1) is 18.4 Å². The van der Waals surface area contributed by atoms with E-state index in [1.807, 2.05) is 38.1 Å². The maximum Gasteiger partial charge on any atom is 0.398 e. The highest BCUT2D eigenvalue weighted by Crippen LogP contribution is 2.44. The number of aromatic nitrogens is 2. The van der Waals surface area contributed by atoms with E-state index in [9.17, 15) is 18.0 Å². The summed E-state index contributed by atoms with van der Waals surface area (Å²) in [6.07, 6.45) is -0.357. The van der Waals surface area contributed by atoms with Crippen LogP contribution in [0.25, 0.3) is 22.2 Å². The van der Waals surface area contributed by atoms with Crippen LogP contribution in [0.1, 0.15) is 65.7 Å². The molecule has 1 fully saturated rings. The number of pyridine rings is 2. The summed E-state index contributed by atoms with van der Waals surface area (Å²) in [5, 5.41) is 3.18. The van der Waals surface area contributed by atoms with Crippen molar-refractivity contribution in [2.24, 2.45) is 0 Å². The number of ether oxygens (including phenoxy) is 2. The van der Waals surface area contributed by atoms with Gasteiger partial charge in [-0.05, 0) is 51.0 Å². The third kappa shape index (κ3) is 6.79. The fourth-order valence-electron chi connectivity index (χ4n) is 4.91. The molecule has 0 spiro atoms. The van der Waals surface area contributed by atoms with Gasteiger partial charge in [0, 0.05) is 40.7 Å². The summed E-state index contributed by atoms with van der Waals surface area (Å²) >= 11 is 0. The fraction of sp³-hybridized carbons (Fsp3) is 0.333. The Labute approximate surface area is 247 Å². The highest BCUT2D eigenvalue weighted by molar-refractivity contribution is 5.99. The van der Waals surface area contributed by atoms with Gasteiger partial charge in [-0.1, -0.05) is 42.8 Å². The van der Waals surface area contributed by atoms with Gasteiger partial charge in [-0.25, -0.2) is 4.98 Å². The van der Waals surface area contributed by atoms with Crippen molar-refractivity contribution in [1.82, 2.24) is 15.3 Å². The lowest BCUT2D eigenvalue weighted by Gasteiger charge is -2.22. The lowest BCUT2D eigenvalue weighted by Crippen LogP contribution is -2.35. The number of nitrogens with one attached hydrogen (secondary N) is 1. The van der Waals surface area contributed by atoms with Crippen LogP contribution in [0, 0.1) is 6.92 Å². The summed E-state index contributed by atoms with van der Waals surface area (Å²) in [5.41, 5.74) is 3.43. The van der Waals surface area contributed by atoms with Crippen LogP contribution in [-0.4, -0.2) is 47.6 Å². The molecule has 1 N–H and O–H groups in total. The molecule has 0 radical (unpaired) electrons. The van der Waals surface area contributed by atoms with Gasteiger partial charge in [0.1, 0.15) is 34.9 Å². The van der Waals surface area contributed by atoms with E-state index in [1.54, 1.807) is 30.5 Å². The Morgan fingerprint density at radius 1 is 1.16 bits per heavy atom.